The highest BCUT2D eigenvalue weighted by atomic mass is 16.1. The number of carbonyl (C=O) groups excluding carboxylic acids is 1. The molecule has 1 heterocycles. The summed E-state index contributed by atoms with van der Waals surface area (Å²) < 4.78 is 0. The molecule has 0 radical (unpaired) electrons. The summed E-state index contributed by atoms with van der Waals surface area (Å²) in [5.41, 5.74) is 1.83. The molecule has 0 fully saturated rings. The first-order chi connectivity index (χ1) is 6.87. The Hall–Kier alpha value is -1.38. The van der Waals surface area contributed by atoms with Crippen LogP contribution in [0, 0.1) is 12.3 Å². The number of anilines is 1. The van der Waals surface area contributed by atoms with Gasteiger partial charge in [-0.3, -0.25) is 9.78 Å². The summed E-state index contributed by atoms with van der Waals surface area (Å²) in [6.07, 6.45) is 3.94. The molecule has 0 aliphatic rings. The lowest BCUT2D eigenvalue weighted by Crippen LogP contribution is -2.19. The van der Waals surface area contributed by atoms with Crippen LogP contribution in [0.5, 0.6) is 0 Å². The Morgan fingerprint density at radius 2 is 2.07 bits per heavy atom. The van der Waals surface area contributed by atoms with Gasteiger partial charge < -0.3 is 5.32 Å². The summed E-state index contributed by atoms with van der Waals surface area (Å²) in [7, 11) is 0. The molecule has 3 heteroatoms. The van der Waals surface area contributed by atoms with E-state index in [1.807, 2.05) is 33.8 Å². The van der Waals surface area contributed by atoms with Crippen molar-refractivity contribution in [3.05, 3.63) is 24.0 Å². The van der Waals surface area contributed by atoms with Crippen LogP contribution in [0.15, 0.2) is 18.5 Å². The van der Waals surface area contributed by atoms with E-state index in [2.05, 4.69) is 10.3 Å². The predicted octanol–water partition coefficient (Wildman–Crippen LogP) is 2.76. The normalized spacial score (nSPS) is 11.2. The molecule has 0 saturated carbocycles. The number of rotatable bonds is 2. The van der Waals surface area contributed by atoms with Gasteiger partial charge in [-0.05, 0) is 24.0 Å². The van der Waals surface area contributed by atoms with E-state index in [0.29, 0.717) is 6.42 Å². The largest absolute Gasteiger partial charge is 0.325 e. The molecule has 1 aromatic heterocycles. The highest BCUT2D eigenvalue weighted by molar-refractivity contribution is 5.90. The maximum atomic E-state index is 11.6. The molecule has 1 amide bonds. The second kappa shape index (κ2) is 4.43. The Balaban J connectivity index is 2.59. The van der Waals surface area contributed by atoms with Gasteiger partial charge in [0.2, 0.25) is 5.91 Å². The zero-order valence-corrected chi connectivity index (χ0v) is 9.79. The zero-order chi connectivity index (χ0) is 11.5. The van der Waals surface area contributed by atoms with E-state index in [1.54, 1.807) is 12.4 Å². The van der Waals surface area contributed by atoms with E-state index in [9.17, 15) is 4.79 Å². The number of carbonyl (C=O) groups is 1. The number of aryl methyl sites for hydroxylation is 1. The third kappa shape index (κ3) is 4.58. The summed E-state index contributed by atoms with van der Waals surface area (Å²) in [4.78, 5) is 15.6. The number of hydrogen-bond acceptors (Lipinski definition) is 2. The maximum Gasteiger partial charge on any atom is 0.224 e. The molecule has 0 unspecified atom stereocenters. The SMILES string of the molecule is Cc1cncc(NC(=O)CC(C)(C)C)c1. The lowest BCUT2D eigenvalue weighted by atomic mass is 9.92. The second-order valence-electron chi connectivity index (χ2n) is 5.04. The van der Waals surface area contributed by atoms with Gasteiger partial charge in [0.05, 0.1) is 11.9 Å². The fraction of sp³-hybridized carbons (Fsp3) is 0.500. The van der Waals surface area contributed by atoms with Gasteiger partial charge in [0.15, 0.2) is 0 Å². The molecule has 15 heavy (non-hydrogen) atoms. The quantitative estimate of drug-likeness (QED) is 0.808. The molecule has 0 saturated heterocycles. The molecule has 0 aliphatic carbocycles. The van der Waals surface area contributed by atoms with Crippen molar-refractivity contribution < 1.29 is 4.79 Å². The smallest absolute Gasteiger partial charge is 0.224 e. The summed E-state index contributed by atoms with van der Waals surface area (Å²) in [5.74, 6) is 0.0369. The Labute approximate surface area is 90.9 Å². The average molecular weight is 206 g/mol. The summed E-state index contributed by atoms with van der Waals surface area (Å²) in [5, 5.41) is 2.84. The van der Waals surface area contributed by atoms with Crippen molar-refractivity contribution in [1.29, 1.82) is 0 Å². The molecule has 0 aromatic carbocycles. The van der Waals surface area contributed by atoms with Crippen LogP contribution < -0.4 is 5.32 Å². The van der Waals surface area contributed by atoms with Crippen molar-refractivity contribution >= 4 is 11.6 Å². The lowest BCUT2D eigenvalue weighted by Gasteiger charge is -2.17. The van der Waals surface area contributed by atoms with E-state index >= 15 is 0 Å². The van der Waals surface area contributed by atoms with Crippen molar-refractivity contribution in [2.24, 2.45) is 5.41 Å². The topological polar surface area (TPSA) is 42.0 Å². The van der Waals surface area contributed by atoms with Crippen molar-refractivity contribution in [2.45, 2.75) is 34.1 Å². The Morgan fingerprint density at radius 3 is 2.60 bits per heavy atom. The van der Waals surface area contributed by atoms with Gasteiger partial charge in [-0.25, -0.2) is 0 Å². The van der Waals surface area contributed by atoms with Crippen LogP contribution in [-0.2, 0) is 4.79 Å². The predicted molar refractivity (Wildman–Crippen MR) is 61.7 cm³/mol. The van der Waals surface area contributed by atoms with Crippen LogP contribution in [0.1, 0.15) is 32.8 Å². The van der Waals surface area contributed by atoms with Crippen LogP contribution in [-0.4, -0.2) is 10.9 Å². The molecule has 0 atom stereocenters. The monoisotopic (exact) mass is 206 g/mol. The molecule has 3 nitrogen and oxygen atoms in total. The van der Waals surface area contributed by atoms with E-state index in [4.69, 9.17) is 0 Å². The van der Waals surface area contributed by atoms with Crippen molar-refractivity contribution in [3.63, 3.8) is 0 Å². The first-order valence-corrected chi connectivity index (χ1v) is 5.08. The van der Waals surface area contributed by atoms with E-state index in [0.717, 1.165) is 11.3 Å². The average Bonchev–Trinajstić information content (AvgIpc) is 1.99. The number of pyridine rings is 1. The fourth-order valence-corrected chi connectivity index (χ4v) is 1.31. The Bertz CT molecular complexity index is 353. The standard InChI is InChI=1S/C12H18N2O/c1-9-5-10(8-13-7-9)14-11(15)6-12(2,3)4/h5,7-8H,6H2,1-4H3,(H,14,15). The molecule has 0 spiro atoms. The first-order valence-electron chi connectivity index (χ1n) is 5.08. The van der Waals surface area contributed by atoms with Crippen LogP contribution in [0.3, 0.4) is 0 Å². The number of hydrogen-bond donors (Lipinski definition) is 1. The van der Waals surface area contributed by atoms with Crippen molar-refractivity contribution in [3.8, 4) is 0 Å². The third-order valence-electron chi connectivity index (χ3n) is 1.85. The Kier molecular flexibility index (Phi) is 3.45. The number of nitrogens with zero attached hydrogens (tertiary/aromatic N) is 1. The van der Waals surface area contributed by atoms with Crippen molar-refractivity contribution in [2.75, 3.05) is 5.32 Å². The molecule has 1 rings (SSSR count). The van der Waals surface area contributed by atoms with Gasteiger partial charge in [0.1, 0.15) is 0 Å². The maximum absolute atomic E-state index is 11.6. The summed E-state index contributed by atoms with van der Waals surface area (Å²) in [6, 6.07) is 1.91. The fourth-order valence-electron chi connectivity index (χ4n) is 1.31. The number of aromatic nitrogens is 1. The van der Waals surface area contributed by atoms with Gasteiger partial charge >= 0.3 is 0 Å². The van der Waals surface area contributed by atoms with Gasteiger partial charge in [-0.15, -0.1) is 0 Å². The molecule has 82 valence electrons. The molecule has 0 bridgehead atoms. The third-order valence-corrected chi connectivity index (χ3v) is 1.85. The minimum atomic E-state index is 0.0152. The van der Waals surface area contributed by atoms with Crippen LogP contribution in [0.2, 0.25) is 0 Å². The molecular formula is C12H18N2O. The Morgan fingerprint density at radius 1 is 1.40 bits per heavy atom. The van der Waals surface area contributed by atoms with E-state index < -0.39 is 0 Å². The molecular weight excluding hydrogens is 188 g/mol. The highest BCUT2D eigenvalue weighted by Gasteiger charge is 2.15. The van der Waals surface area contributed by atoms with Crippen LogP contribution in [0.25, 0.3) is 0 Å². The van der Waals surface area contributed by atoms with Gasteiger partial charge in [0.25, 0.3) is 0 Å². The lowest BCUT2D eigenvalue weighted by molar-refractivity contribution is -0.117. The van der Waals surface area contributed by atoms with Gasteiger partial charge in [0, 0.05) is 12.6 Å². The molecule has 1 aromatic rings. The number of amides is 1. The van der Waals surface area contributed by atoms with Crippen LogP contribution in [0.4, 0.5) is 5.69 Å². The summed E-state index contributed by atoms with van der Waals surface area (Å²) >= 11 is 0. The summed E-state index contributed by atoms with van der Waals surface area (Å²) in [6.45, 7) is 8.08. The second-order valence-corrected chi connectivity index (χ2v) is 5.04. The van der Waals surface area contributed by atoms with Gasteiger partial charge in [-0.2, -0.15) is 0 Å². The van der Waals surface area contributed by atoms with E-state index in [1.165, 1.54) is 0 Å². The first kappa shape index (κ1) is 11.7. The van der Waals surface area contributed by atoms with E-state index in [-0.39, 0.29) is 11.3 Å². The molecule has 0 aliphatic heterocycles. The van der Waals surface area contributed by atoms with Crippen LogP contribution >= 0.6 is 0 Å². The zero-order valence-electron chi connectivity index (χ0n) is 9.79. The van der Waals surface area contributed by atoms with Crippen molar-refractivity contribution in [1.82, 2.24) is 4.98 Å². The minimum absolute atomic E-state index is 0.0152. The minimum Gasteiger partial charge on any atom is -0.325 e. The van der Waals surface area contributed by atoms with Gasteiger partial charge in [-0.1, -0.05) is 20.8 Å². The number of nitrogens with one attached hydrogen (secondary N) is 1. The highest BCUT2D eigenvalue weighted by Crippen LogP contribution is 2.19. The molecule has 1 N–H and O–H groups in total.